The van der Waals surface area contributed by atoms with E-state index in [9.17, 15) is 4.79 Å². The van der Waals surface area contributed by atoms with Crippen molar-refractivity contribution >= 4 is 21.9 Å². The van der Waals surface area contributed by atoms with Gasteiger partial charge in [0.2, 0.25) is 0 Å². The van der Waals surface area contributed by atoms with E-state index in [0.717, 1.165) is 10.0 Å². The van der Waals surface area contributed by atoms with Crippen LogP contribution in [0.2, 0.25) is 0 Å². The molecule has 0 aliphatic carbocycles. The minimum Gasteiger partial charge on any atom is -0.496 e. The van der Waals surface area contributed by atoms with Crippen LogP contribution in [0.1, 0.15) is 17.4 Å². The van der Waals surface area contributed by atoms with E-state index < -0.39 is 5.97 Å². The first kappa shape index (κ1) is 13.6. The summed E-state index contributed by atoms with van der Waals surface area (Å²) in [6.45, 7) is 2.35. The Kier molecular flexibility index (Phi) is 3.90. The number of methoxy groups -OCH3 is 1. The number of carbonyl (C=O) groups is 1. The molecule has 19 heavy (non-hydrogen) atoms. The number of ether oxygens (including phenoxy) is 1. The summed E-state index contributed by atoms with van der Waals surface area (Å²) in [6.07, 6.45) is 0. The highest BCUT2D eigenvalue weighted by Gasteiger charge is 2.16. The molecule has 6 heteroatoms. The highest BCUT2D eigenvalue weighted by molar-refractivity contribution is 9.10. The van der Waals surface area contributed by atoms with E-state index in [1.807, 2.05) is 25.1 Å². The monoisotopic (exact) mass is 324 g/mol. The molecule has 2 aromatic rings. The van der Waals surface area contributed by atoms with E-state index in [1.54, 1.807) is 13.2 Å². The second-order valence-corrected chi connectivity index (χ2v) is 4.80. The number of aromatic nitrogens is 2. The Morgan fingerprint density at radius 2 is 2.21 bits per heavy atom. The summed E-state index contributed by atoms with van der Waals surface area (Å²) in [7, 11) is 1.57. The van der Waals surface area contributed by atoms with Crippen LogP contribution in [-0.4, -0.2) is 28.0 Å². The molecule has 0 radical (unpaired) electrons. The van der Waals surface area contributed by atoms with Gasteiger partial charge in [-0.05, 0) is 31.2 Å². The van der Waals surface area contributed by atoms with Gasteiger partial charge in [-0.15, -0.1) is 0 Å². The van der Waals surface area contributed by atoms with Gasteiger partial charge in [-0.2, -0.15) is 5.10 Å². The maximum Gasteiger partial charge on any atom is 0.354 e. The Morgan fingerprint density at radius 3 is 2.74 bits per heavy atom. The Morgan fingerprint density at radius 1 is 1.47 bits per heavy atom. The van der Waals surface area contributed by atoms with Gasteiger partial charge in [0.1, 0.15) is 11.4 Å². The van der Waals surface area contributed by atoms with Crippen molar-refractivity contribution in [2.24, 2.45) is 0 Å². The number of halogens is 1. The molecule has 0 spiro atoms. The van der Waals surface area contributed by atoms with Crippen molar-refractivity contribution in [1.29, 1.82) is 0 Å². The van der Waals surface area contributed by atoms with Gasteiger partial charge in [-0.1, -0.05) is 15.9 Å². The molecule has 0 saturated heterocycles. The van der Waals surface area contributed by atoms with Crippen LogP contribution in [0.25, 0.3) is 11.3 Å². The highest BCUT2D eigenvalue weighted by Crippen LogP contribution is 2.32. The van der Waals surface area contributed by atoms with Crippen LogP contribution in [-0.2, 0) is 6.54 Å². The van der Waals surface area contributed by atoms with Crippen molar-refractivity contribution in [2.45, 2.75) is 13.5 Å². The lowest BCUT2D eigenvalue weighted by atomic mass is 10.1. The third kappa shape index (κ3) is 2.63. The number of benzene rings is 1. The van der Waals surface area contributed by atoms with Crippen LogP contribution in [0.4, 0.5) is 0 Å². The zero-order valence-corrected chi connectivity index (χ0v) is 12.1. The summed E-state index contributed by atoms with van der Waals surface area (Å²) in [5.41, 5.74) is 1.50. The minimum absolute atomic E-state index is 0.166. The molecular weight excluding hydrogens is 312 g/mol. The molecule has 5 nitrogen and oxygen atoms in total. The maximum absolute atomic E-state index is 11.1. The van der Waals surface area contributed by atoms with E-state index >= 15 is 0 Å². The van der Waals surface area contributed by atoms with E-state index in [4.69, 9.17) is 9.84 Å². The van der Waals surface area contributed by atoms with Crippen molar-refractivity contribution in [2.75, 3.05) is 7.11 Å². The molecule has 0 bridgehead atoms. The lowest BCUT2D eigenvalue weighted by molar-refractivity contribution is 0.0683. The molecule has 0 amide bonds. The molecule has 1 aromatic carbocycles. The quantitative estimate of drug-likeness (QED) is 0.938. The SMILES string of the molecule is CCn1nc(-c2cc(Br)ccc2OC)cc1C(=O)O. The summed E-state index contributed by atoms with van der Waals surface area (Å²) >= 11 is 3.39. The zero-order valence-electron chi connectivity index (χ0n) is 10.6. The predicted molar refractivity (Wildman–Crippen MR) is 74.5 cm³/mol. The average molecular weight is 325 g/mol. The fourth-order valence-electron chi connectivity index (χ4n) is 1.84. The molecule has 2 rings (SSSR count). The summed E-state index contributed by atoms with van der Waals surface area (Å²) in [5, 5.41) is 13.4. The summed E-state index contributed by atoms with van der Waals surface area (Å²) < 4.78 is 7.62. The van der Waals surface area contributed by atoms with Gasteiger partial charge < -0.3 is 9.84 Å². The van der Waals surface area contributed by atoms with Crippen LogP contribution in [0.3, 0.4) is 0 Å². The predicted octanol–water partition coefficient (Wildman–Crippen LogP) is 3.04. The van der Waals surface area contributed by atoms with Crippen LogP contribution in [0.15, 0.2) is 28.7 Å². The number of nitrogens with zero attached hydrogens (tertiary/aromatic N) is 2. The van der Waals surface area contributed by atoms with Crippen molar-refractivity contribution < 1.29 is 14.6 Å². The largest absolute Gasteiger partial charge is 0.496 e. The van der Waals surface area contributed by atoms with Crippen LogP contribution >= 0.6 is 15.9 Å². The van der Waals surface area contributed by atoms with Gasteiger partial charge >= 0.3 is 5.97 Å². The third-order valence-corrected chi connectivity index (χ3v) is 3.23. The lowest BCUT2D eigenvalue weighted by Crippen LogP contribution is -2.08. The molecule has 0 atom stereocenters. The van der Waals surface area contributed by atoms with E-state index in [0.29, 0.717) is 18.0 Å². The summed E-state index contributed by atoms with van der Waals surface area (Å²) in [6, 6.07) is 7.07. The van der Waals surface area contributed by atoms with Crippen molar-refractivity contribution in [3.8, 4) is 17.0 Å². The molecule has 1 N–H and O–H groups in total. The number of rotatable bonds is 4. The number of hydrogen-bond donors (Lipinski definition) is 1. The maximum atomic E-state index is 11.1. The second kappa shape index (κ2) is 5.44. The van der Waals surface area contributed by atoms with Gasteiger partial charge in [0, 0.05) is 16.6 Å². The summed E-state index contributed by atoms with van der Waals surface area (Å²) in [5.74, 6) is -0.338. The lowest BCUT2D eigenvalue weighted by Gasteiger charge is -2.06. The van der Waals surface area contributed by atoms with Gasteiger partial charge in [-0.3, -0.25) is 4.68 Å². The number of carboxylic acid groups (broad SMARTS) is 1. The van der Waals surface area contributed by atoms with Crippen molar-refractivity contribution in [1.82, 2.24) is 9.78 Å². The smallest absolute Gasteiger partial charge is 0.354 e. The second-order valence-electron chi connectivity index (χ2n) is 3.88. The van der Waals surface area contributed by atoms with E-state index in [2.05, 4.69) is 21.0 Å². The molecule has 0 fully saturated rings. The molecule has 100 valence electrons. The van der Waals surface area contributed by atoms with E-state index in [1.165, 1.54) is 4.68 Å². The van der Waals surface area contributed by atoms with Gasteiger partial charge in [0.15, 0.2) is 0 Å². The molecular formula is C13H13BrN2O3. The van der Waals surface area contributed by atoms with Gasteiger partial charge in [0.25, 0.3) is 0 Å². The molecule has 0 saturated carbocycles. The Bertz CT molecular complexity index is 622. The number of aromatic carboxylic acids is 1. The van der Waals surface area contributed by atoms with Crippen LogP contribution in [0, 0.1) is 0 Å². The number of aryl methyl sites for hydroxylation is 1. The standard InChI is InChI=1S/C13H13BrN2O3/c1-3-16-11(13(17)18)7-10(15-16)9-6-8(14)4-5-12(9)19-2/h4-7H,3H2,1-2H3,(H,17,18). The highest BCUT2D eigenvalue weighted by atomic mass is 79.9. The zero-order chi connectivity index (χ0) is 14.0. The number of carboxylic acids is 1. The first-order valence-corrected chi connectivity index (χ1v) is 6.51. The third-order valence-electron chi connectivity index (χ3n) is 2.74. The first-order valence-electron chi connectivity index (χ1n) is 5.72. The van der Waals surface area contributed by atoms with Gasteiger partial charge in [-0.25, -0.2) is 4.79 Å². The molecule has 0 aliphatic rings. The van der Waals surface area contributed by atoms with Crippen LogP contribution in [0.5, 0.6) is 5.75 Å². The van der Waals surface area contributed by atoms with E-state index in [-0.39, 0.29) is 5.69 Å². The first-order chi connectivity index (χ1) is 9.06. The van der Waals surface area contributed by atoms with Crippen molar-refractivity contribution in [3.63, 3.8) is 0 Å². The normalized spacial score (nSPS) is 10.5. The van der Waals surface area contributed by atoms with Crippen molar-refractivity contribution in [3.05, 3.63) is 34.4 Å². The molecule has 1 aromatic heterocycles. The average Bonchev–Trinajstić information content (AvgIpc) is 2.82. The Balaban J connectivity index is 2.59. The molecule has 0 unspecified atom stereocenters. The summed E-state index contributed by atoms with van der Waals surface area (Å²) in [4.78, 5) is 11.1. The topological polar surface area (TPSA) is 64.4 Å². The Hall–Kier alpha value is -1.82. The van der Waals surface area contributed by atoms with Gasteiger partial charge in [0.05, 0.1) is 12.8 Å². The van der Waals surface area contributed by atoms with Crippen LogP contribution < -0.4 is 4.74 Å². The molecule has 0 aliphatic heterocycles. The fourth-order valence-corrected chi connectivity index (χ4v) is 2.20. The molecule has 1 heterocycles. The fraction of sp³-hybridized carbons (Fsp3) is 0.231. The number of hydrogen-bond acceptors (Lipinski definition) is 3. The minimum atomic E-state index is -0.991. The Labute approximate surface area is 118 Å².